The molecule has 4 rings (SSSR count). The van der Waals surface area contributed by atoms with Gasteiger partial charge in [0.25, 0.3) is 5.91 Å². The van der Waals surface area contributed by atoms with E-state index < -0.39 is 11.7 Å². The Morgan fingerprint density at radius 1 is 1.13 bits per heavy atom. The van der Waals surface area contributed by atoms with Crippen LogP contribution in [0.3, 0.4) is 0 Å². The lowest BCUT2D eigenvalue weighted by molar-refractivity contribution is -0.138. The number of hydrogen-bond acceptors (Lipinski definition) is 3. The zero-order chi connectivity index (χ0) is 22.2. The number of fused-ring (bicyclic) bond motifs is 1. The third-order valence-electron chi connectivity index (χ3n) is 6.28. The molecule has 2 aliphatic rings. The number of aromatic nitrogens is 2. The summed E-state index contributed by atoms with van der Waals surface area (Å²) in [5, 5.41) is 7.11. The maximum Gasteiger partial charge on any atom is 0.416 e. The molecule has 1 aromatic carbocycles. The van der Waals surface area contributed by atoms with Gasteiger partial charge in [-0.25, -0.2) is 0 Å². The Morgan fingerprint density at radius 3 is 2.52 bits per heavy atom. The van der Waals surface area contributed by atoms with Crippen molar-refractivity contribution in [3.8, 4) is 0 Å². The zero-order valence-corrected chi connectivity index (χ0v) is 17.3. The summed E-state index contributed by atoms with van der Waals surface area (Å²) in [5.74, 6) is -0.367. The number of nitrogens with zero attached hydrogens (tertiary/aromatic N) is 3. The molecule has 0 bridgehead atoms. The van der Waals surface area contributed by atoms with Crippen LogP contribution >= 0.6 is 0 Å². The van der Waals surface area contributed by atoms with Crippen molar-refractivity contribution in [2.45, 2.75) is 51.2 Å². The van der Waals surface area contributed by atoms with E-state index in [1.54, 1.807) is 21.9 Å². The third-order valence-corrected chi connectivity index (χ3v) is 6.28. The van der Waals surface area contributed by atoms with Gasteiger partial charge in [0.1, 0.15) is 0 Å². The number of piperidine rings is 1. The summed E-state index contributed by atoms with van der Waals surface area (Å²) in [6.45, 7) is 3.56. The predicted molar refractivity (Wildman–Crippen MR) is 107 cm³/mol. The Bertz CT molecular complexity index is 977. The minimum absolute atomic E-state index is 0.0642. The van der Waals surface area contributed by atoms with Crippen molar-refractivity contribution in [1.29, 1.82) is 0 Å². The second kappa shape index (κ2) is 8.36. The second-order valence-corrected chi connectivity index (χ2v) is 8.10. The van der Waals surface area contributed by atoms with E-state index in [4.69, 9.17) is 0 Å². The van der Waals surface area contributed by atoms with Gasteiger partial charge in [0, 0.05) is 31.6 Å². The van der Waals surface area contributed by atoms with Gasteiger partial charge in [0.2, 0.25) is 5.91 Å². The van der Waals surface area contributed by atoms with Crippen LogP contribution in [0.1, 0.15) is 65.0 Å². The van der Waals surface area contributed by atoms with Crippen LogP contribution in [0.5, 0.6) is 0 Å². The molecule has 0 aliphatic carbocycles. The monoisotopic (exact) mass is 434 g/mol. The fourth-order valence-corrected chi connectivity index (χ4v) is 4.59. The molecule has 0 radical (unpaired) electrons. The molecule has 1 aromatic heterocycles. The van der Waals surface area contributed by atoms with Gasteiger partial charge in [-0.3, -0.25) is 14.7 Å². The van der Waals surface area contributed by atoms with E-state index in [9.17, 15) is 22.8 Å². The Morgan fingerprint density at radius 2 is 1.84 bits per heavy atom. The molecule has 166 valence electrons. The van der Waals surface area contributed by atoms with Crippen molar-refractivity contribution in [1.82, 2.24) is 20.0 Å². The van der Waals surface area contributed by atoms with Crippen LogP contribution in [0.2, 0.25) is 0 Å². The normalized spacial score (nSPS) is 17.5. The fourth-order valence-electron chi connectivity index (χ4n) is 4.59. The SMILES string of the molecule is CCC(=O)N1CCc2c(C(=O)N3CCC(c4ccccc4C(F)(F)F)CC3)n[nH]c2C1. The van der Waals surface area contributed by atoms with Gasteiger partial charge >= 0.3 is 6.18 Å². The van der Waals surface area contributed by atoms with Crippen molar-refractivity contribution in [2.24, 2.45) is 0 Å². The molecule has 1 fully saturated rings. The minimum Gasteiger partial charge on any atom is -0.337 e. The van der Waals surface area contributed by atoms with Crippen molar-refractivity contribution < 1.29 is 22.8 Å². The number of carbonyl (C=O) groups is 2. The molecule has 3 heterocycles. The predicted octanol–water partition coefficient (Wildman–Crippen LogP) is 3.74. The first-order chi connectivity index (χ1) is 14.8. The summed E-state index contributed by atoms with van der Waals surface area (Å²) < 4.78 is 40.1. The van der Waals surface area contributed by atoms with Gasteiger partial charge < -0.3 is 9.80 Å². The van der Waals surface area contributed by atoms with E-state index in [-0.39, 0.29) is 17.7 Å². The summed E-state index contributed by atoms with van der Waals surface area (Å²) in [4.78, 5) is 28.4. The maximum atomic E-state index is 13.4. The molecule has 2 amide bonds. The first-order valence-corrected chi connectivity index (χ1v) is 10.6. The number of H-pyrrole nitrogens is 1. The number of benzene rings is 1. The van der Waals surface area contributed by atoms with E-state index >= 15 is 0 Å². The van der Waals surface area contributed by atoms with Gasteiger partial charge in [-0.15, -0.1) is 0 Å². The largest absolute Gasteiger partial charge is 0.416 e. The van der Waals surface area contributed by atoms with Crippen LogP contribution in [0.15, 0.2) is 24.3 Å². The van der Waals surface area contributed by atoms with Crippen LogP contribution in [0, 0.1) is 0 Å². The summed E-state index contributed by atoms with van der Waals surface area (Å²) >= 11 is 0. The summed E-state index contributed by atoms with van der Waals surface area (Å²) in [6.07, 6.45) is -2.44. The highest BCUT2D eigenvalue weighted by Crippen LogP contribution is 2.38. The lowest BCUT2D eigenvalue weighted by atomic mass is 9.86. The first-order valence-electron chi connectivity index (χ1n) is 10.6. The molecule has 9 heteroatoms. The molecular formula is C22H25F3N4O2. The standard InChI is InChI=1S/C22H25F3N4O2/c1-2-19(30)29-12-9-16-18(13-29)26-27-20(16)21(31)28-10-7-14(8-11-28)15-5-3-4-6-17(15)22(23,24)25/h3-6,14H,2,7-13H2,1H3,(H,26,27). The molecule has 0 unspecified atom stereocenters. The molecule has 2 aromatic rings. The average Bonchev–Trinajstić information content (AvgIpc) is 3.21. The van der Waals surface area contributed by atoms with Crippen molar-refractivity contribution in [3.63, 3.8) is 0 Å². The number of rotatable bonds is 3. The lowest BCUT2D eigenvalue weighted by Gasteiger charge is -2.33. The zero-order valence-electron chi connectivity index (χ0n) is 17.3. The van der Waals surface area contributed by atoms with E-state index in [2.05, 4.69) is 10.2 Å². The number of carbonyl (C=O) groups excluding carboxylic acids is 2. The van der Waals surface area contributed by atoms with E-state index in [0.29, 0.717) is 63.1 Å². The quantitative estimate of drug-likeness (QED) is 0.800. The highest BCUT2D eigenvalue weighted by molar-refractivity contribution is 5.94. The number of aromatic amines is 1. The van der Waals surface area contributed by atoms with Crippen LogP contribution < -0.4 is 0 Å². The average molecular weight is 434 g/mol. The number of amides is 2. The van der Waals surface area contributed by atoms with Crippen molar-refractivity contribution in [2.75, 3.05) is 19.6 Å². The summed E-state index contributed by atoms with van der Waals surface area (Å²) in [7, 11) is 0. The highest BCUT2D eigenvalue weighted by Gasteiger charge is 2.37. The first kappa shape index (κ1) is 21.4. The van der Waals surface area contributed by atoms with Crippen LogP contribution in [0.4, 0.5) is 13.2 Å². The molecule has 0 spiro atoms. The molecular weight excluding hydrogens is 409 g/mol. The highest BCUT2D eigenvalue weighted by atomic mass is 19.4. The van der Waals surface area contributed by atoms with E-state index in [1.165, 1.54) is 6.07 Å². The Labute approximate surface area is 178 Å². The Hall–Kier alpha value is -2.84. The molecule has 31 heavy (non-hydrogen) atoms. The van der Waals surface area contributed by atoms with Crippen LogP contribution in [0.25, 0.3) is 0 Å². The Balaban J connectivity index is 1.44. The molecule has 6 nitrogen and oxygen atoms in total. The van der Waals surface area contributed by atoms with Crippen LogP contribution in [-0.2, 0) is 23.9 Å². The summed E-state index contributed by atoms with van der Waals surface area (Å²) in [5.41, 5.74) is 1.71. The minimum atomic E-state index is -4.38. The van der Waals surface area contributed by atoms with Gasteiger partial charge in [0.15, 0.2) is 5.69 Å². The number of halogens is 3. The maximum absolute atomic E-state index is 13.4. The van der Waals surface area contributed by atoms with Gasteiger partial charge in [-0.05, 0) is 36.8 Å². The lowest BCUT2D eigenvalue weighted by Crippen LogP contribution is -2.39. The van der Waals surface area contributed by atoms with Gasteiger partial charge in [-0.1, -0.05) is 25.1 Å². The molecule has 1 N–H and O–H groups in total. The van der Waals surface area contributed by atoms with Crippen molar-refractivity contribution in [3.05, 3.63) is 52.3 Å². The topological polar surface area (TPSA) is 69.3 Å². The third kappa shape index (κ3) is 4.18. The van der Waals surface area contributed by atoms with E-state index in [1.807, 2.05) is 6.92 Å². The van der Waals surface area contributed by atoms with Gasteiger partial charge in [-0.2, -0.15) is 18.3 Å². The number of likely N-dealkylation sites (tertiary alicyclic amines) is 1. The molecule has 0 atom stereocenters. The number of nitrogens with one attached hydrogen (secondary N) is 1. The van der Waals surface area contributed by atoms with Gasteiger partial charge in [0.05, 0.1) is 17.8 Å². The molecule has 0 saturated carbocycles. The smallest absolute Gasteiger partial charge is 0.337 e. The number of hydrogen-bond donors (Lipinski definition) is 1. The van der Waals surface area contributed by atoms with E-state index in [0.717, 1.165) is 17.3 Å². The molecule has 2 aliphatic heterocycles. The Kier molecular flexibility index (Phi) is 5.77. The van der Waals surface area contributed by atoms with Crippen LogP contribution in [-0.4, -0.2) is 51.4 Å². The molecule has 1 saturated heterocycles. The van der Waals surface area contributed by atoms with Crippen molar-refractivity contribution >= 4 is 11.8 Å². The number of alkyl halides is 3. The summed E-state index contributed by atoms with van der Waals surface area (Å²) in [6, 6.07) is 5.69. The fraction of sp³-hybridized carbons (Fsp3) is 0.500. The second-order valence-electron chi connectivity index (χ2n) is 8.10.